The first kappa shape index (κ1) is 15.5. The molecule has 1 amide bonds. The van der Waals surface area contributed by atoms with Gasteiger partial charge in [-0.05, 0) is 45.4 Å². The second kappa shape index (κ2) is 5.85. The van der Waals surface area contributed by atoms with Gasteiger partial charge in [0.1, 0.15) is 0 Å². The molecule has 114 valence electrons. The molecule has 1 unspecified atom stereocenters. The van der Waals surface area contributed by atoms with E-state index in [1.807, 2.05) is 36.0 Å². The zero-order valence-electron chi connectivity index (χ0n) is 13.2. The molecule has 21 heavy (non-hydrogen) atoms. The third-order valence-electron chi connectivity index (χ3n) is 3.63. The molecule has 1 aromatic heterocycles. The van der Waals surface area contributed by atoms with Crippen LogP contribution in [0.25, 0.3) is 10.9 Å². The molecule has 0 saturated carbocycles. The van der Waals surface area contributed by atoms with Crippen molar-refractivity contribution in [2.45, 2.75) is 52.1 Å². The fourth-order valence-electron chi connectivity index (χ4n) is 2.43. The first-order chi connectivity index (χ1) is 9.85. The van der Waals surface area contributed by atoms with E-state index in [2.05, 4.69) is 24.3 Å². The average Bonchev–Trinajstić information content (AvgIpc) is 2.81. The van der Waals surface area contributed by atoms with Gasteiger partial charge in [0.25, 0.3) is 0 Å². The molecule has 0 spiro atoms. The molecule has 0 radical (unpaired) electrons. The van der Waals surface area contributed by atoms with Crippen molar-refractivity contribution < 1.29 is 4.79 Å². The molecule has 5 heteroatoms. The Morgan fingerprint density at radius 2 is 2.19 bits per heavy atom. The number of benzene rings is 1. The highest BCUT2D eigenvalue weighted by molar-refractivity contribution is 5.99. The van der Waals surface area contributed by atoms with Crippen LogP contribution >= 0.6 is 0 Å². The highest BCUT2D eigenvalue weighted by Crippen LogP contribution is 2.22. The predicted molar refractivity (Wildman–Crippen MR) is 86.2 cm³/mol. The average molecular weight is 288 g/mol. The number of nitrogens with one attached hydrogen (secondary N) is 1. The highest BCUT2D eigenvalue weighted by Gasteiger charge is 2.27. The van der Waals surface area contributed by atoms with Gasteiger partial charge in [-0.25, -0.2) is 0 Å². The van der Waals surface area contributed by atoms with Crippen LogP contribution in [0.1, 0.15) is 46.6 Å². The monoisotopic (exact) mass is 288 g/mol. The minimum atomic E-state index is -0.845. The standard InChI is InChI=1S/C16H24N4O/c1-5-8-16(4,17)15(21)19-13-7-6-12-10-18-20(11(2)3)14(12)9-13/h6-7,9-11H,5,8,17H2,1-4H3,(H,19,21). The lowest BCUT2D eigenvalue weighted by atomic mass is 9.96. The Hall–Kier alpha value is -1.88. The number of fused-ring (bicyclic) bond motifs is 1. The van der Waals surface area contributed by atoms with Gasteiger partial charge in [0.05, 0.1) is 17.3 Å². The van der Waals surface area contributed by atoms with Crippen molar-refractivity contribution in [3.63, 3.8) is 0 Å². The SMILES string of the molecule is CCCC(C)(N)C(=O)Nc1ccc2cnn(C(C)C)c2c1. The molecule has 0 bridgehead atoms. The van der Waals surface area contributed by atoms with E-state index in [0.29, 0.717) is 6.42 Å². The van der Waals surface area contributed by atoms with E-state index in [0.717, 1.165) is 23.0 Å². The van der Waals surface area contributed by atoms with Crippen LogP contribution in [0, 0.1) is 0 Å². The van der Waals surface area contributed by atoms with Crippen LogP contribution in [0.4, 0.5) is 5.69 Å². The van der Waals surface area contributed by atoms with Crippen LogP contribution in [0.5, 0.6) is 0 Å². The van der Waals surface area contributed by atoms with Gasteiger partial charge in [0.2, 0.25) is 5.91 Å². The Labute approximate surface area is 125 Å². The van der Waals surface area contributed by atoms with Crippen molar-refractivity contribution >= 4 is 22.5 Å². The summed E-state index contributed by atoms with van der Waals surface area (Å²) < 4.78 is 1.94. The van der Waals surface area contributed by atoms with Crippen LogP contribution in [0.3, 0.4) is 0 Å². The van der Waals surface area contributed by atoms with E-state index in [9.17, 15) is 4.79 Å². The van der Waals surface area contributed by atoms with Gasteiger partial charge in [-0.15, -0.1) is 0 Å². The van der Waals surface area contributed by atoms with Gasteiger partial charge in [0.15, 0.2) is 0 Å². The van der Waals surface area contributed by atoms with E-state index < -0.39 is 5.54 Å². The molecule has 1 heterocycles. The van der Waals surface area contributed by atoms with E-state index >= 15 is 0 Å². The largest absolute Gasteiger partial charge is 0.324 e. The van der Waals surface area contributed by atoms with E-state index in [-0.39, 0.29) is 11.9 Å². The van der Waals surface area contributed by atoms with Crippen LogP contribution < -0.4 is 11.1 Å². The van der Waals surface area contributed by atoms with Crippen molar-refractivity contribution in [3.05, 3.63) is 24.4 Å². The third kappa shape index (κ3) is 3.24. The van der Waals surface area contributed by atoms with E-state index in [1.165, 1.54) is 0 Å². The Kier molecular flexibility index (Phi) is 4.32. The van der Waals surface area contributed by atoms with Crippen LogP contribution in [-0.2, 0) is 4.79 Å². The van der Waals surface area contributed by atoms with Gasteiger partial charge in [-0.2, -0.15) is 5.10 Å². The quantitative estimate of drug-likeness (QED) is 0.888. The summed E-state index contributed by atoms with van der Waals surface area (Å²) in [6.45, 7) is 7.94. The van der Waals surface area contributed by atoms with Crippen LogP contribution in [-0.4, -0.2) is 21.2 Å². The normalized spacial score (nSPS) is 14.4. The summed E-state index contributed by atoms with van der Waals surface area (Å²) in [7, 11) is 0. The summed E-state index contributed by atoms with van der Waals surface area (Å²) >= 11 is 0. The Morgan fingerprint density at radius 3 is 2.81 bits per heavy atom. The summed E-state index contributed by atoms with van der Waals surface area (Å²) in [4.78, 5) is 12.3. The van der Waals surface area contributed by atoms with Crippen molar-refractivity contribution in [2.24, 2.45) is 5.73 Å². The lowest BCUT2D eigenvalue weighted by Gasteiger charge is -2.22. The number of carbonyl (C=O) groups excluding carboxylic acids is 1. The molecule has 1 atom stereocenters. The minimum absolute atomic E-state index is 0.153. The van der Waals surface area contributed by atoms with Gasteiger partial charge in [0, 0.05) is 17.1 Å². The molecule has 0 aliphatic rings. The maximum Gasteiger partial charge on any atom is 0.244 e. The smallest absolute Gasteiger partial charge is 0.244 e. The number of hydrogen-bond donors (Lipinski definition) is 2. The number of rotatable bonds is 5. The van der Waals surface area contributed by atoms with Crippen LogP contribution in [0.15, 0.2) is 24.4 Å². The Morgan fingerprint density at radius 1 is 1.48 bits per heavy atom. The fraction of sp³-hybridized carbons (Fsp3) is 0.500. The second-order valence-electron chi connectivity index (χ2n) is 6.08. The summed E-state index contributed by atoms with van der Waals surface area (Å²) in [6, 6.07) is 6.06. The highest BCUT2D eigenvalue weighted by atomic mass is 16.2. The Bertz CT molecular complexity index is 643. The van der Waals surface area contributed by atoms with Crippen LogP contribution in [0.2, 0.25) is 0 Å². The molecule has 1 aromatic carbocycles. The van der Waals surface area contributed by atoms with Crippen molar-refractivity contribution in [1.82, 2.24) is 9.78 Å². The minimum Gasteiger partial charge on any atom is -0.324 e. The van der Waals surface area contributed by atoms with Gasteiger partial charge >= 0.3 is 0 Å². The molecular weight excluding hydrogens is 264 g/mol. The summed E-state index contributed by atoms with van der Waals surface area (Å²) in [6.07, 6.45) is 3.37. The zero-order valence-corrected chi connectivity index (χ0v) is 13.2. The number of nitrogens with zero attached hydrogens (tertiary/aromatic N) is 2. The Balaban J connectivity index is 2.27. The number of carbonyl (C=O) groups is 1. The molecule has 2 rings (SSSR count). The first-order valence-electron chi connectivity index (χ1n) is 7.42. The number of anilines is 1. The predicted octanol–water partition coefficient (Wildman–Crippen LogP) is 3.07. The molecule has 0 saturated heterocycles. The van der Waals surface area contributed by atoms with Gasteiger partial charge in [-0.1, -0.05) is 13.3 Å². The summed E-state index contributed by atoms with van der Waals surface area (Å²) in [5.74, 6) is -0.153. The molecule has 5 nitrogen and oxygen atoms in total. The van der Waals surface area contributed by atoms with Crippen molar-refractivity contribution in [3.8, 4) is 0 Å². The van der Waals surface area contributed by atoms with Gasteiger partial charge < -0.3 is 11.1 Å². The van der Waals surface area contributed by atoms with E-state index in [1.54, 1.807) is 6.92 Å². The molecule has 2 aromatic rings. The maximum absolute atomic E-state index is 12.3. The van der Waals surface area contributed by atoms with Crippen molar-refractivity contribution in [1.29, 1.82) is 0 Å². The first-order valence-corrected chi connectivity index (χ1v) is 7.42. The van der Waals surface area contributed by atoms with E-state index in [4.69, 9.17) is 5.73 Å². The number of nitrogens with two attached hydrogens (primary N) is 1. The van der Waals surface area contributed by atoms with Gasteiger partial charge in [-0.3, -0.25) is 9.48 Å². The summed E-state index contributed by atoms with van der Waals surface area (Å²) in [5, 5.41) is 8.34. The zero-order chi connectivity index (χ0) is 15.6. The number of hydrogen-bond acceptors (Lipinski definition) is 3. The molecular formula is C16H24N4O. The number of amides is 1. The topological polar surface area (TPSA) is 72.9 Å². The molecule has 0 aliphatic heterocycles. The third-order valence-corrected chi connectivity index (χ3v) is 3.63. The fourth-order valence-corrected chi connectivity index (χ4v) is 2.43. The molecule has 0 aliphatic carbocycles. The lowest BCUT2D eigenvalue weighted by Crippen LogP contribution is -2.48. The number of aromatic nitrogens is 2. The summed E-state index contributed by atoms with van der Waals surface area (Å²) in [5.41, 5.74) is 6.98. The molecule has 0 fully saturated rings. The maximum atomic E-state index is 12.3. The second-order valence-corrected chi connectivity index (χ2v) is 6.08. The molecule has 3 N–H and O–H groups in total. The van der Waals surface area contributed by atoms with Crippen molar-refractivity contribution in [2.75, 3.05) is 5.32 Å². The lowest BCUT2D eigenvalue weighted by molar-refractivity contribution is -0.120.